The molecule has 0 spiro atoms. The van der Waals surface area contributed by atoms with Crippen molar-refractivity contribution in [3.63, 3.8) is 0 Å². The highest BCUT2D eigenvalue weighted by Gasteiger charge is 2.39. The second-order valence-electron chi connectivity index (χ2n) is 9.84. The summed E-state index contributed by atoms with van der Waals surface area (Å²) in [5, 5.41) is 7.66. The zero-order valence-corrected chi connectivity index (χ0v) is 21.8. The maximum Gasteiger partial charge on any atom is 0.263 e. The fourth-order valence-corrected chi connectivity index (χ4v) is 5.26. The van der Waals surface area contributed by atoms with Crippen molar-refractivity contribution in [2.75, 3.05) is 38.7 Å². The molecule has 10 heteroatoms. The number of anilines is 1. The Kier molecular flexibility index (Phi) is 7.13. The van der Waals surface area contributed by atoms with Crippen molar-refractivity contribution in [3.8, 4) is 5.75 Å². The van der Waals surface area contributed by atoms with Gasteiger partial charge in [-0.2, -0.15) is 0 Å². The molecule has 0 N–H and O–H groups in total. The molecule has 2 aliphatic heterocycles. The van der Waals surface area contributed by atoms with Crippen molar-refractivity contribution in [2.24, 2.45) is 5.92 Å². The third-order valence-corrected chi connectivity index (χ3v) is 7.36. The third-order valence-electron chi connectivity index (χ3n) is 7.36. The topological polar surface area (TPSA) is 109 Å². The number of carbonyl (C=O) groups excluding carboxylic acids is 3. The highest BCUT2D eigenvalue weighted by molar-refractivity contribution is 6.23. The Labute approximate surface area is 221 Å². The van der Waals surface area contributed by atoms with Crippen molar-refractivity contribution in [2.45, 2.75) is 32.7 Å². The quantitative estimate of drug-likeness (QED) is 0.420. The van der Waals surface area contributed by atoms with Crippen LogP contribution in [0, 0.1) is 12.8 Å². The van der Waals surface area contributed by atoms with E-state index in [2.05, 4.69) is 15.2 Å². The van der Waals surface area contributed by atoms with Crippen molar-refractivity contribution >= 4 is 23.4 Å². The molecule has 1 saturated heterocycles. The maximum absolute atomic E-state index is 13.5. The van der Waals surface area contributed by atoms with Gasteiger partial charge in [-0.15, -0.1) is 0 Å². The Morgan fingerprint density at radius 2 is 1.97 bits per heavy atom. The smallest absolute Gasteiger partial charge is 0.263 e. The van der Waals surface area contributed by atoms with Crippen LogP contribution in [-0.4, -0.2) is 71.6 Å². The summed E-state index contributed by atoms with van der Waals surface area (Å²) < 4.78 is 10.0. The third kappa shape index (κ3) is 4.85. The van der Waals surface area contributed by atoms with Crippen LogP contribution in [0.1, 0.15) is 50.5 Å². The number of imide groups is 1. The number of fused-ring (bicyclic) bond motifs is 1. The average molecular weight is 518 g/mol. The maximum atomic E-state index is 13.5. The SMILES string of the molecule is COc1cccc(CCN2C(=O)c3cccc(N4CCCC(C(=O)N(C)Cc5nonc5C)C4)c3C2=O)c1. The lowest BCUT2D eigenvalue weighted by Crippen LogP contribution is -2.44. The summed E-state index contributed by atoms with van der Waals surface area (Å²) in [6.07, 6.45) is 2.09. The normalized spacial score (nSPS) is 17.1. The van der Waals surface area contributed by atoms with E-state index >= 15 is 0 Å². The molecule has 198 valence electrons. The molecule has 1 unspecified atom stereocenters. The Balaban J connectivity index is 1.30. The predicted molar refractivity (Wildman–Crippen MR) is 139 cm³/mol. The molecule has 38 heavy (non-hydrogen) atoms. The van der Waals surface area contributed by atoms with E-state index < -0.39 is 0 Å². The molecule has 2 aliphatic rings. The van der Waals surface area contributed by atoms with Crippen molar-refractivity contribution in [1.29, 1.82) is 0 Å². The first kappa shape index (κ1) is 25.4. The van der Waals surface area contributed by atoms with Gasteiger partial charge in [0.25, 0.3) is 11.8 Å². The van der Waals surface area contributed by atoms with E-state index in [0.717, 1.165) is 24.2 Å². The fourth-order valence-electron chi connectivity index (χ4n) is 5.26. The Hall–Kier alpha value is -4.21. The molecule has 3 heterocycles. The molecule has 5 rings (SSSR count). The second-order valence-corrected chi connectivity index (χ2v) is 9.84. The number of ether oxygens (including phenoxy) is 1. The van der Waals surface area contributed by atoms with Gasteiger partial charge in [-0.05, 0) is 56.0 Å². The summed E-state index contributed by atoms with van der Waals surface area (Å²) in [7, 11) is 3.36. The summed E-state index contributed by atoms with van der Waals surface area (Å²) in [6.45, 7) is 3.57. The molecule has 1 fully saturated rings. The Morgan fingerprint density at radius 3 is 2.74 bits per heavy atom. The van der Waals surface area contributed by atoms with Crippen LogP contribution in [0.3, 0.4) is 0 Å². The summed E-state index contributed by atoms with van der Waals surface area (Å²) in [6, 6.07) is 13.0. The van der Waals surface area contributed by atoms with E-state index in [0.29, 0.717) is 54.3 Å². The summed E-state index contributed by atoms with van der Waals surface area (Å²) in [5.41, 5.74) is 3.83. The standard InChI is InChI=1S/C28H31N5O5/c1-18-23(30-38-29-18)17-31(2)26(34)20-8-6-13-32(16-20)24-11-5-10-22-25(24)28(36)33(27(22)35)14-12-19-7-4-9-21(15-19)37-3/h4-5,7,9-11,15,20H,6,8,12-14,16-17H2,1-3H3. The van der Waals surface area contributed by atoms with Crippen LogP contribution in [-0.2, 0) is 17.8 Å². The highest BCUT2D eigenvalue weighted by atomic mass is 16.6. The molecule has 3 aromatic rings. The van der Waals surface area contributed by atoms with Gasteiger partial charge < -0.3 is 14.5 Å². The zero-order chi connectivity index (χ0) is 26.8. The van der Waals surface area contributed by atoms with Gasteiger partial charge in [0.05, 0.1) is 36.4 Å². The molecule has 1 aromatic heterocycles. The largest absolute Gasteiger partial charge is 0.497 e. The van der Waals surface area contributed by atoms with E-state index in [4.69, 9.17) is 9.37 Å². The molecule has 2 aromatic carbocycles. The molecule has 0 radical (unpaired) electrons. The van der Waals surface area contributed by atoms with Crippen LogP contribution < -0.4 is 9.64 Å². The molecule has 0 bridgehead atoms. The molecule has 0 aliphatic carbocycles. The Bertz CT molecular complexity index is 1370. The van der Waals surface area contributed by atoms with Crippen LogP contribution in [0.4, 0.5) is 5.69 Å². The number of carbonyl (C=O) groups is 3. The number of aryl methyl sites for hydroxylation is 1. The minimum absolute atomic E-state index is 0.00648. The van der Waals surface area contributed by atoms with Gasteiger partial charge in [-0.25, -0.2) is 4.63 Å². The van der Waals surface area contributed by atoms with E-state index in [9.17, 15) is 14.4 Å². The number of amides is 3. The first-order chi connectivity index (χ1) is 18.4. The highest BCUT2D eigenvalue weighted by Crippen LogP contribution is 2.34. The minimum atomic E-state index is -0.289. The number of aromatic nitrogens is 2. The van der Waals surface area contributed by atoms with E-state index in [1.165, 1.54) is 4.90 Å². The van der Waals surface area contributed by atoms with Crippen LogP contribution >= 0.6 is 0 Å². The zero-order valence-electron chi connectivity index (χ0n) is 21.8. The number of hydrogen-bond donors (Lipinski definition) is 0. The molecular formula is C28H31N5O5. The molecule has 1 atom stereocenters. The van der Waals surface area contributed by atoms with Crippen LogP contribution in [0.5, 0.6) is 5.75 Å². The van der Waals surface area contributed by atoms with Gasteiger partial charge in [0.15, 0.2) is 0 Å². The van der Waals surface area contributed by atoms with Gasteiger partial charge in [0.1, 0.15) is 17.1 Å². The van der Waals surface area contributed by atoms with Crippen molar-refractivity contribution < 1.29 is 23.7 Å². The van der Waals surface area contributed by atoms with E-state index in [1.807, 2.05) is 36.4 Å². The number of piperidine rings is 1. The minimum Gasteiger partial charge on any atom is -0.497 e. The number of rotatable bonds is 8. The lowest BCUT2D eigenvalue weighted by atomic mass is 9.95. The molecule has 3 amide bonds. The van der Waals surface area contributed by atoms with Crippen LogP contribution in [0.15, 0.2) is 47.1 Å². The van der Waals surface area contributed by atoms with Gasteiger partial charge in [-0.1, -0.05) is 28.5 Å². The van der Waals surface area contributed by atoms with Gasteiger partial charge >= 0.3 is 0 Å². The first-order valence-electron chi connectivity index (χ1n) is 12.8. The van der Waals surface area contributed by atoms with E-state index in [1.54, 1.807) is 32.0 Å². The fraction of sp³-hybridized carbons (Fsp3) is 0.393. The lowest BCUT2D eigenvalue weighted by Gasteiger charge is -2.36. The molecule has 10 nitrogen and oxygen atoms in total. The number of benzene rings is 2. The van der Waals surface area contributed by atoms with Gasteiger partial charge in [-0.3, -0.25) is 19.3 Å². The first-order valence-corrected chi connectivity index (χ1v) is 12.8. The van der Waals surface area contributed by atoms with Crippen molar-refractivity contribution in [3.05, 3.63) is 70.5 Å². The van der Waals surface area contributed by atoms with Crippen molar-refractivity contribution in [1.82, 2.24) is 20.1 Å². The number of hydrogen-bond acceptors (Lipinski definition) is 8. The van der Waals surface area contributed by atoms with Gasteiger partial charge in [0, 0.05) is 26.7 Å². The Morgan fingerprint density at radius 1 is 1.16 bits per heavy atom. The lowest BCUT2D eigenvalue weighted by molar-refractivity contribution is -0.135. The molecular weight excluding hydrogens is 486 g/mol. The summed E-state index contributed by atoms with van der Waals surface area (Å²) >= 11 is 0. The average Bonchev–Trinajstić information content (AvgIpc) is 3.46. The monoisotopic (exact) mass is 517 g/mol. The van der Waals surface area contributed by atoms with E-state index in [-0.39, 0.29) is 30.2 Å². The van der Waals surface area contributed by atoms with Crippen LogP contribution in [0.2, 0.25) is 0 Å². The van der Waals surface area contributed by atoms with Crippen LogP contribution in [0.25, 0.3) is 0 Å². The second kappa shape index (κ2) is 10.6. The molecule has 0 saturated carbocycles. The van der Waals surface area contributed by atoms with Gasteiger partial charge in [0.2, 0.25) is 5.91 Å². The summed E-state index contributed by atoms with van der Waals surface area (Å²) in [5.74, 6) is -0.0632. The summed E-state index contributed by atoms with van der Waals surface area (Å²) in [4.78, 5) is 45.0. The number of methoxy groups -OCH3 is 1. The number of nitrogens with zero attached hydrogens (tertiary/aromatic N) is 5. The predicted octanol–water partition coefficient (Wildman–Crippen LogP) is 3.10.